The van der Waals surface area contributed by atoms with Crippen molar-refractivity contribution in [3.05, 3.63) is 106 Å². The molecule has 5 fully saturated rings. The van der Waals surface area contributed by atoms with Gasteiger partial charge in [-0.2, -0.15) is 0 Å². The first-order valence-corrected chi connectivity index (χ1v) is 28.0. The molecule has 3 saturated heterocycles. The fourth-order valence-corrected chi connectivity index (χ4v) is 13.8. The van der Waals surface area contributed by atoms with Crippen LogP contribution in [0.15, 0.2) is 77.8 Å². The van der Waals surface area contributed by atoms with Gasteiger partial charge in [-0.25, -0.2) is 22.5 Å². The van der Waals surface area contributed by atoms with Gasteiger partial charge in [0.1, 0.15) is 17.2 Å². The molecule has 2 aromatic heterocycles. The number of nitrogens with zero attached hydrogens (tertiary/aromatic N) is 6. The molecule has 19 heteroatoms. The minimum absolute atomic E-state index is 0.0581. The molecule has 3 aromatic carbocycles. The van der Waals surface area contributed by atoms with Gasteiger partial charge in [-0.05, 0) is 129 Å². The lowest BCUT2D eigenvalue weighted by molar-refractivity contribution is -0.384. The topological polar surface area (TPSA) is 199 Å². The van der Waals surface area contributed by atoms with Crippen molar-refractivity contribution < 1.29 is 37.1 Å². The maximum absolute atomic E-state index is 15.4. The van der Waals surface area contributed by atoms with E-state index in [2.05, 4.69) is 67.8 Å². The number of hydrogen-bond acceptors (Lipinski definition) is 14. The number of carbonyl (C=O) groups excluding carboxylic acids is 1. The van der Waals surface area contributed by atoms with E-state index in [9.17, 15) is 28.4 Å². The Kier molecular flexibility index (Phi) is 13.6. The minimum atomic E-state index is -4.66. The van der Waals surface area contributed by atoms with Crippen LogP contribution >= 0.6 is 0 Å². The second-order valence-corrected chi connectivity index (χ2v) is 24.0. The van der Waals surface area contributed by atoms with Gasteiger partial charge in [0.05, 0.1) is 76.3 Å². The van der Waals surface area contributed by atoms with E-state index in [4.69, 9.17) is 14.5 Å². The molecule has 6 aliphatic rings. The van der Waals surface area contributed by atoms with Crippen molar-refractivity contribution in [3.63, 3.8) is 0 Å². The average Bonchev–Trinajstić information content (AvgIpc) is 3.67. The van der Waals surface area contributed by atoms with Gasteiger partial charge < -0.3 is 39.6 Å². The largest absolute Gasteiger partial charge is 0.390 e. The SMILES string of the molecule is CC(C)c1ccccc1[C@@H]1COCCN1C1CC2(CCN(c3ccc(C(=O)NS(=O)(=O)c4ccc(NC[C@H]5CC[C@](C)(O)CC5)c([N+](=O)[O-])c4)c(N4CC[C@H]5COCCN5c5nc6[nH]cc(F)c6cc54)c3)CC2)C1. The van der Waals surface area contributed by atoms with Crippen LogP contribution in [0.3, 0.4) is 0 Å². The molecule has 2 saturated carbocycles. The first-order valence-electron chi connectivity index (χ1n) is 26.5. The normalized spacial score (nSPS) is 24.6. The highest BCUT2D eigenvalue weighted by molar-refractivity contribution is 7.90. The molecule has 1 spiro atoms. The third-order valence-corrected chi connectivity index (χ3v) is 18.5. The summed E-state index contributed by atoms with van der Waals surface area (Å²) in [6, 6.07) is 20.2. The molecule has 0 bridgehead atoms. The summed E-state index contributed by atoms with van der Waals surface area (Å²) in [6.45, 7) is 12.5. The molecule has 4 aliphatic heterocycles. The standard InChI is InChI=1S/C55H68FN9O8S/c1-35(2)41-6-4-5-7-42(41)50-34-73-24-22-62(50)39-29-55(30-39)17-20-61(21-18-55)37-8-10-43(47(26-37)64-19-14-38-33-72-25-23-63(38)52-49(64)28-44-45(56)32-58-51(44)59-52)53(66)60-74(70,71)40-9-11-46(48(27-40)65(68)69)57-31-36-12-15-54(3,67)16-13-36/h4-11,26-28,32,35-36,38-39,50,57,67H,12-25,29-31,33-34H2,1-3H3,(H,58,59)(H,60,66)/t36-,38-,50-,54-/m0/s1. The Morgan fingerprint density at radius 3 is 2.46 bits per heavy atom. The molecule has 5 aromatic rings. The van der Waals surface area contributed by atoms with E-state index in [0.29, 0.717) is 93.5 Å². The summed E-state index contributed by atoms with van der Waals surface area (Å²) in [7, 11) is -4.66. The summed E-state index contributed by atoms with van der Waals surface area (Å²) < 4.78 is 58.1. The van der Waals surface area contributed by atoms with Crippen molar-refractivity contribution in [2.24, 2.45) is 11.3 Å². The molecule has 1 amide bonds. The van der Waals surface area contributed by atoms with Gasteiger partial charge in [-0.15, -0.1) is 0 Å². The highest BCUT2D eigenvalue weighted by Gasteiger charge is 2.50. The van der Waals surface area contributed by atoms with E-state index in [-0.39, 0.29) is 40.1 Å². The monoisotopic (exact) mass is 1030 g/mol. The van der Waals surface area contributed by atoms with Gasteiger partial charge in [-0.3, -0.25) is 19.8 Å². The molecule has 0 radical (unpaired) electrons. The molecule has 0 unspecified atom stereocenters. The van der Waals surface area contributed by atoms with Crippen molar-refractivity contribution >= 4 is 61.2 Å². The molecule has 2 aliphatic carbocycles. The second kappa shape index (κ2) is 20.0. The van der Waals surface area contributed by atoms with Gasteiger partial charge >= 0.3 is 0 Å². The average molecular weight is 1030 g/mol. The predicted molar refractivity (Wildman–Crippen MR) is 283 cm³/mol. The number of aliphatic hydroxyl groups is 1. The molecular weight excluding hydrogens is 966 g/mol. The Morgan fingerprint density at radius 1 is 0.932 bits per heavy atom. The quantitative estimate of drug-likeness (QED) is 0.0683. The lowest BCUT2D eigenvalue weighted by Crippen LogP contribution is -2.58. The number of piperidine rings is 1. The first-order chi connectivity index (χ1) is 35.6. The third-order valence-electron chi connectivity index (χ3n) is 17.2. The summed E-state index contributed by atoms with van der Waals surface area (Å²) in [5.74, 6) is -0.197. The number of pyridine rings is 1. The number of sulfonamides is 1. The van der Waals surface area contributed by atoms with E-state index in [0.717, 1.165) is 76.5 Å². The molecular formula is C55H68FN9O8S. The Balaban J connectivity index is 0.873. The second-order valence-electron chi connectivity index (χ2n) is 22.3. The first kappa shape index (κ1) is 50.3. The molecule has 6 heterocycles. The van der Waals surface area contributed by atoms with E-state index < -0.39 is 42.9 Å². The van der Waals surface area contributed by atoms with Gasteiger partial charge in [0.25, 0.3) is 21.6 Å². The number of benzene rings is 3. The molecule has 11 rings (SSSR count). The van der Waals surface area contributed by atoms with Crippen molar-refractivity contribution in [2.45, 2.75) is 113 Å². The third kappa shape index (κ3) is 9.81. The number of anilines is 5. The number of hydrogen-bond donors (Lipinski definition) is 4. The van der Waals surface area contributed by atoms with Crippen LogP contribution in [0.25, 0.3) is 11.0 Å². The molecule has 4 N–H and O–H groups in total. The van der Waals surface area contributed by atoms with Gasteiger partial charge in [0.15, 0.2) is 5.82 Å². The smallest absolute Gasteiger partial charge is 0.293 e. The van der Waals surface area contributed by atoms with E-state index in [1.165, 1.54) is 29.5 Å². The van der Waals surface area contributed by atoms with Crippen molar-refractivity contribution in [2.75, 3.05) is 85.7 Å². The van der Waals surface area contributed by atoms with Crippen molar-refractivity contribution in [3.8, 4) is 0 Å². The number of rotatable bonds is 12. The van der Waals surface area contributed by atoms with Crippen LogP contribution in [0.1, 0.15) is 112 Å². The summed E-state index contributed by atoms with van der Waals surface area (Å²) in [6.07, 6.45) is 8.86. The van der Waals surface area contributed by atoms with Crippen LogP contribution in [0.5, 0.6) is 0 Å². The predicted octanol–water partition coefficient (Wildman–Crippen LogP) is 8.77. The Bertz CT molecular complexity index is 3030. The lowest BCUT2D eigenvalue weighted by Gasteiger charge is -2.57. The van der Waals surface area contributed by atoms with Crippen LogP contribution in [0.4, 0.5) is 38.6 Å². The van der Waals surface area contributed by atoms with Gasteiger partial charge in [-0.1, -0.05) is 38.1 Å². The number of nitro groups is 1. The fraction of sp³-hybridized carbons (Fsp3) is 0.527. The Morgan fingerprint density at radius 2 is 1.69 bits per heavy atom. The minimum Gasteiger partial charge on any atom is -0.390 e. The molecule has 17 nitrogen and oxygen atoms in total. The van der Waals surface area contributed by atoms with Crippen LogP contribution in [-0.4, -0.2) is 123 Å². The fourth-order valence-electron chi connectivity index (χ4n) is 12.8. The highest BCUT2D eigenvalue weighted by atomic mass is 32.2. The van der Waals surface area contributed by atoms with Crippen LogP contribution < -0.4 is 24.7 Å². The molecule has 394 valence electrons. The van der Waals surface area contributed by atoms with Gasteiger partial charge in [0.2, 0.25) is 0 Å². The zero-order valence-corrected chi connectivity index (χ0v) is 43.3. The number of H-pyrrole nitrogens is 1. The maximum atomic E-state index is 15.4. The summed E-state index contributed by atoms with van der Waals surface area (Å²) in [4.78, 5) is 43.1. The number of fused-ring (bicyclic) bond motifs is 4. The maximum Gasteiger partial charge on any atom is 0.293 e. The number of halogens is 1. The number of nitro benzene ring substituents is 1. The van der Waals surface area contributed by atoms with Gasteiger partial charge in [0, 0.05) is 63.3 Å². The number of nitrogens with one attached hydrogen (secondary N) is 3. The Hall–Kier alpha value is -5.86. The van der Waals surface area contributed by atoms with Crippen molar-refractivity contribution in [1.82, 2.24) is 19.6 Å². The number of aromatic amines is 1. The summed E-state index contributed by atoms with van der Waals surface area (Å²) >= 11 is 0. The van der Waals surface area contributed by atoms with E-state index >= 15 is 4.39 Å². The number of ether oxygens (including phenoxy) is 2. The number of amides is 1. The number of aromatic nitrogens is 2. The van der Waals surface area contributed by atoms with Crippen LogP contribution in [0, 0.1) is 27.3 Å². The Labute approximate surface area is 432 Å². The summed E-state index contributed by atoms with van der Waals surface area (Å²) in [5, 5.41) is 26.2. The lowest BCUT2D eigenvalue weighted by atomic mass is 9.59. The summed E-state index contributed by atoms with van der Waals surface area (Å²) in [5.41, 5.74) is 4.26. The van der Waals surface area contributed by atoms with Crippen LogP contribution in [-0.2, 0) is 19.5 Å². The zero-order valence-electron chi connectivity index (χ0n) is 42.5. The van der Waals surface area contributed by atoms with E-state index in [1.807, 2.05) is 24.0 Å². The van der Waals surface area contributed by atoms with Crippen molar-refractivity contribution in [1.29, 1.82) is 0 Å². The highest BCUT2D eigenvalue weighted by Crippen LogP contribution is 2.54. The zero-order chi connectivity index (χ0) is 51.5. The number of morpholine rings is 2. The number of carbonyl (C=O) groups is 1. The van der Waals surface area contributed by atoms with E-state index in [1.54, 1.807) is 12.1 Å². The van der Waals surface area contributed by atoms with Crippen LogP contribution in [0.2, 0.25) is 0 Å². The molecule has 74 heavy (non-hydrogen) atoms. The molecule has 2 atom stereocenters.